The minimum absolute atomic E-state index is 0.346. The summed E-state index contributed by atoms with van der Waals surface area (Å²) < 4.78 is 4.99. The van der Waals surface area contributed by atoms with E-state index in [2.05, 4.69) is 36.1 Å². The minimum Gasteiger partial charge on any atom is -0.467 e. The van der Waals surface area contributed by atoms with Crippen LogP contribution in [0.1, 0.15) is 51.6 Å². The van der Waals surface area contributed by atoms with Gasteiger partial charge in [-0.05, 0) is 31.7 Å². The monoisotopic (exact) mass is 251 g/mol. The van der Waals surface area contributed by atoms with E-state index in [9.17, 15) is 0 Å². The van der Waals surface area contributed by atoms with Crippen LogP contribution in [0.4, 0.5) is 0 Å². The van der Waals surface area contributed by atoms with Gasteiger partial charge in [0.25, 0.3) is 0 Å². The molecule has 1 N–H and O–H groups in total. The topological polar surface area (TPSA) is 47.0 Å². The van der Waals surface area contributed by atoms with Crippen molar-refractivity contribution < 1.29 is 4.74 Å². The van der Waals surface area contributed by atoms with Gasteiger partial charge in [-0.2, -0.15) is 0 Å². The van der Waals surface area contributed by atoms with Gasteiger partial charge in [0.05, 0.1) is 7.11 Å². The largest absolute Gasteiger partial charge is 0.467 e. The van der Waals surface area contributed by atoms with Gasteiger partial charge in [-0.25, -0.2) is 9.97 Å². The van der Waals surface area contributed by atoms with E-state index < -0.39 is 0 Å². The van der Waals surface area contributed by atoms with Crippen molar-refractivity contribution in [2.24, 2.45) is 5.92 Å². The van der Waals surface area contributed by atoms with Crippen LogP contribution in [0.25, 0.3) is 0 Å². The van der Waals surface area contributed by atoms with Gasteiger partial charge in [0.15, 0.2) is 0 Å². The van der Waals surface area contributed by atoms with Crippen LogP contribution < -0.4 is 10.1 Å². The van der Waals surface area contributed by atoms with Crippen LogP contribution in [-0.4, -0.2) is 23.6 Å². The lowest BCUT2D eigenvalue weighted by molar-refractivity contribution is 0.377. The second kappa shape index (κ2) is 8.03. The highest BCUT2D eigenvalue weighted by molar-refractivity contribution is 5.12. The maximum Gasteiger partial charge on any atom is 0.316 e. The first-order valence-electron chi connectivity index (χ1n) is 6.76. The predicted octanol–water partition coefficient (Wildman–Crippen LogP) is 2.96. The number of methoxy groups -OCH3 is 1. The van der Waals surface area contributed by atoms with E-state index in [0.29, 0.717) is 12.1 Å². The van der Waals surface area contributed by atoms with Crippen molar-refractivity contribution in [2.75, 3.05) is 13.7 Å². The first-order valence-corrected chi connectivity index (χ1v) is 6.76. The van der Waals surface area contributed by atoms with Crippen molar-refractivity contribution in [2.45, 2.75) is 46.1 Å². The molecule has 4 heteroatoms. The normalized spacial score (nSPS) is 12.7. The summed E-state index contributed by atoms with van der Waals surface area (Å²) in [6.07, 6.45) is 7.18. The third-order valence-corrected chi connectivity index (χ3v) is 2.91. The molecule has 0 aliphatic carbocycles. The summed E-state index contributed by atoms with van der Waals surface area (Å²) in [4.78, 5) is 8.36. The molecule has 0 saturated carbocycles. The molecular weight excluding hydrogens is 226 g/mol. The molecule has 0 aliphatic heterocycles. The van der Waals surface area contributed by atoms with Crippen LogP contribution in [0.2, 0.25) is 0 Å². The molecule has 0 spiro atoms. The first kappa shape index (κ1) is 14.9. The highest BCUT2D eigenvalue weighted by atomic mass is 16.5. The fourth-order valence-corrected chi connectivity index (χ4v) is 1.82. The molecule has 0 fully saturated rings. The summed E-state index contributed by atoms with van der Waals surface area (Å²) in [5.74, 6) is 0.718. The average molecular weight is 251 g/mol. The molecule has 0 aliphatic rings. The SMILES string of the molecule is CCCNC(CCC(C)C)c1cnc(OC)nc1. The summed E-state index contributed by atoms with van der Waals surface area (Å²) in [5.41, 5.74) is 1.14. The van der Waals surface area contributed by atoms with E-state index in [-0.39, 0.29) is 0 Å². The van der Waals surface area contributed by atoms with Crippen LogP contribution in [0.15, 0.2) is 12.4 Å². The summed E-state index contributed by atoms with van der Waals surface area (Å²) >= 11 is 0. The molecule has 1 unspecified atom stereocenters. The van der Waals surface area contributed by atoms with Crippen molar-refractivity contribution in [3.63, 3.8) is 0 Å². The highest BCUT2D eigenvalue weighted by Crippen LogP contribution is 2.20. The minimum atomic E-state index is 0.346. The Kier molecular flexibility index (Phi) is 6.65. The van der Waals surface area contributed by atoms with E-state index in [1.807, 2.05) is 12.4 Å². The third-order valence-electron chi connectivity index (χ3n) is 2.91. The van der Waals surface area contributed by atoms with E-state index in [1.54, 1.807) is 7.11 Å². The van der Waals surface area contributed by atoms with Gasteiger partial charge in [-0.15, -0.1) is 0 Å². The van der Waals surface area contributed by atoms with Crippen molar-refractivity contribution >= 4 is 0 Å². The molecule has 102 valence electrons. The predicted molar refractivity (Wildman–Crippen MR) is 73.7 cm³/mol. The Bertz CT molecular complexity index is 324. The van der Waals surface area contributed by atoms with Crippen LogP contribution in [0.3, 0.4) is 0 Å². The Morgan fingerprint density at radius 2 is 1.89 bits per heavy atom. The summed E-state index contributed by atoms with van der Waals surface area (Å²) in [6.45, 7) is 7.70. The summed E-state index contributed by atoms with van der Waals surface area (Å²) in [7, 11) is 1.58. The van der Waals surface area contributed by atoms with Crippen LogP contribution in [-0.2, 0) is 0 Å². The standard InChI is InChI=1S/C14H25N3O/c1-5-8-15-13(7-6-11(2)3)12-9-16-14(18-4)17-10-12/h9-11,13,15H,5-8H2,1-4H3. The molecule has 1 aromatic rings. The number of hydrogen-bond acceptors (Lipinski definition) is 4. The van der Waals surface area contributed by atoms with E-state index in [4.69, 9.17) is 4.74 Å². The summed E-state index contributed by atoms with van der Waals surface area (Å²) in [6, 6.07) is 0.773. The molecule has 1 atom stereocenters. The zero-order valence-corrected chi connectivity index (χ0v) is 11.9. The molecule has 4 nitrogen and oxygen atoms in total. The molecule has 1 heterocycles. The molecule has 0 bridgehead atoms. The second-order valence-corrected chi connectivity index (χ2v) is 4.98. The number of nitrogens with one attached hydrogen (secondary N) is 1. The van der Waals surface area contributed by atoms with Gasteiger partial charge in [0.1, 0.15) is 0 Å². The lowest BCUT2D eigenvalue weighted by Crippen LogP contribution is -2.23. The summed E-state index contributed by atoms with van der Waals surface area (Å²) in [5, 5.41) is 3.56. The Hall–Kier alpha value is -1.16. The zero-order valence-electron chi connectivity index (χ0n) is 11.9. The van der Waals surface area contributed by atoms with Gasteiger partial charge in [0, 0.05) is 24.0 Å². The van der Waals surface area contributed by atoms with Gasteiger partial charge in [-0.3, -0.25) is 0 Å². The third kappa shape index (κ3) is 5.00. The van der Waals surface area contributed by atoms with Crippen molar-refractivity contribution in [1.82, 2.24) is 15.3 Å². The smallest absolute Gasteiger partial charge is 0.316 e. The van der Waals surface area contributed by atoms with E-state index >= 15 is 0 Å². The Morgan fingerprint density at radius 3 is 2.39 bits per heavy atom. The van der Waals surface area contributed by atoms with Crippen LogP contribution in [0.5, 0.6) is 6.01 Å². The van der Waals surface area contributed by atoms with Gasteiger partial charge >= 0.3 is 6.01 Å². The molecule has 1 rings (SSSR count). The van der Waals surface area contributed by atoms with Gasteiger partial charge in [-0.1, -0.05) is 20.8 Å². The van der Waals surface area contributed by atoms with Crippen molar-refractivity contribution in [3.05, 3.63) is 18.0 Å². The molecule has 1 aromatic heterocycles. The Labute approximate surface area is 110 Å². The Balaban J connectivity index is 2.66. The fraction of sp³-hybridized carbons (Fsp3) is 0.714. The van der Waals surface area contributed by atoms with E-state index in [1.165, 1.54) is 6.42 Å². The van der Waals surface area contributed by atoms with Gasteiger partial charge < -0.3 is 10.1 Å². The quantitative estimate of drug-likeness (QED) is 0.771. The van der Waals surface area contributed by atoms with E-state index in [0.717, 1.165) is 30.9 Å². The molecule has 0 aromatic carbocycles. The van der Waals surface area contributed by atoms with Crippen molar-refractivity contribution in [3.8, 4) is 6.01 Å². The fourth-order valence-electron chi connectivity index (χ4n) is 1.82. The maximum atomic E-state index is 4.99. The molecule has 0 amide bonds. The Morgan fingerprint density at radius 1 is 1.22 bits per heavy atom. The van der Waals surface area contributed by atoms with Gasteiger partial charge in [0.2, 0.25) is 0 Å². The average Bonchev–Trinajstić information content (AvgIpc) is 2.39. The lowest BCUT2D eigenvalue weighted by Gasteiger charge is -2.19. The molecular formula is C14H25N3O. The number of aromatic nitrogens is 2. The first-order chi connectivity index (χ1) is 8.67. The van der Waals surface area contributed by atoms with Crippen molar-refractivity contribution in [1.29, 1.82) is 0 Å². The van der Waals surface area contributed by atoms with Crippen LogP contribution >= 0.6 is 0 Å². The number of hydrogen-bond donors (Lipinski definition) is 1. The number of ether oxygens (including phenoxy) is 1. The number of nitrogens with zero attached hydrogens (tertiary/aromatic N) is 2. The lowest BCUT2D eigenvalue weighted by atomic mass is 9.99. The maximum absolute atomic E-state index is 4.99. The molecule has 0 saturated heterocycles. The molecule has 0 radical (unpaired) electrons. The molecule has 18 heavy (non-hydrogen) atoms. The second-order valence-electron chi connectivity index (χ2n) is 4.98. The number of rotatable bonds is 8. The van der Waals surface area contributed by atoms with Crippen LogP contribution in [0, 0.1) is 5.92 Å². The zero-order chi connectivity index (χ0) is 13.4. The highest BCUT2D eigenvalue weighted by Gasteiger charge is 2.12.